The Morgan fingerprint density at radius 3 is 2.56 bits per heavy atom. The summed E-state index contributed by atoms with van der Waals surface area (Å²) in [7, 11) is -4.08. The topological polar surface area (TPSA) is 68.2 Å². The molecule has 1 N–H and O–H groups in total. The van der Waals surface area contributed by atoms with Crippen molar-refractivity contribution >= 4 is 78.2 Å². The number of carbonyl (C=O) groups excluding carboxylic acids is 1. The van der Waals surface area contributed by atoms with Crippen LogP contribution in [0, 0.1) is 6.92 Å². The molecule has 0 saturated carbocycles. The smallest absolute Gasteiger partial charge is 0.273 e. The first-order valence-corrected chi connectivity index (χ1v) is 14.0. The highest BCUT2D eigenvalue weighted by Crippen LogP contribution is 2.34. The van der Waals surface area contributed by atoms with E-state index in [1.54, 1.807) is 6.08 Å². The standard InChI is InChI=1S/C27H20Cl2N2O3S2/c1-17-15-31(16-18-9-10-19-5-2-3-6-21(19)13-18)26-20(7-4-8-22(17)26)11-12-24(32)30-36(33,34)25-14-23(28)27(29)35-25/h2-15H,16H2,1H3,(H,30,32)/b12-11+. The summed E-state index contributed by atoms with van der Waals surface area (Å²) >= 11 is 12.5. The fourth-order valence-corrected chi connectivity index (χ4v) is 7.03. The van der Waals surface area contributed by atoms with Gasteiger partial charge >= 0.3 is 0 Å². The molecular formula is C27H20Cl2N2O3S2. The minimum atomic E-state index is -4.08. The van der Waals surface area contributed by atoms with Gasteiger partial charge in [0.2, 0.25) is 0 Å². The molecular weight excluding hydrogens is 535 g/mol. The number of thiophene rings is 1. The first-order valence-electron chi connectivity index (χ1n) is 11.0. The van der Waals surface area contributed by atoms with E-state index >= 15 is 0 Å². The number of aromatic nitrogens is 1. The van der Waals surface area contributed by atoms with Crippen LogP contribution in [0.15, 0.2) is 83.2 Å². The van der Waals surface area contributed by atoms with E-state index in [4.69, 9.17) is 23.2 Å². The number of nitrogens with one attached hydrogen (secondary N) is 1. The largest absolute Gasteiger partial charge is 0.342 e. The quantitative estimate of drug-likeness (QED) is 0.229. The highest BCUT2D eigenvalue weighted by atomic mass is 35.5. The maximum atomic E-state index is 12.5. The third-order valence-electron chi connectivity index (χ3n) is 5.83. The Hall–Kier alpha value is -3.10. The van der Waals surface area contributed by atoms with Crippen molar-refractivity contribution in [1.29, 1.82) is 0 Å². The van der Waals surface area contributed by atoms with Crippen LogP contribution in [0.1, 0.15) is 16.7 Å². The number of nitrogens with zero attached hydrogens (tertiary/aromatic N) is 1. The molecule has 2 aromatic heterocycles. The van der Waals surface area contributed by atoms with E-state index in [1.807, 2.05) is 42.0 Å². The molecule has 0 aliphatic rings. The Morgan fingerprint density at radius 2 is 1.81 bits per heavy atom. The lowest BCUT2D eigenvalue weighted by atomic mass is 10.1. The summed E-state index contributed by atoms with van der Waals surface area (Å²) in [6, 6.07) is 21.7. The lowest BCUT2D eigenvalue weighted by Crippen LogP contribution is -2.28. The molecule has 0 saturated heterocycles. The molecule has 5 aromatic rings. The number of para-hydroxylation sites is 1. The van der Waals surface area contributed by atoms with E-state index < -0.39 is 15.9 Å². The molecule has 36 heavy (non-hydrogen) atoms. The Bertz CT molecular complexity index is 1750. The van der Waals surface area contributed by atoms with Gasteiger partial charge in [0.1, 0.15) is 8.55 Å². The van der Waals surface area contributed by atoms with Crippen molar-refractivity contribution in [2.75, 3.05) is 0 Å². The summed E-state index contributed by atoms with van der Waals surface area (Å²) in [5.74, 6) is -0.767. The van der Waals surface area contributed by atoms with Crippen LogP contribution < -0.4 is 4.72 Å². The van der Waals surface area contributed by atoms with E-state index in [0.29, 0.717) is 6.54 Å². The van der Waals surface area contributed by atoms with Crippen LogP contribution in [0.2, 0.25) is 9.36 Å². The summed E-state index contributed by atoms with van der Waals surface area (Å²) in [6.45, 7) is 2.70. The molecule has 2 heterocycles. The van der Waals surface area contributed by atoms with Gasteiger partial charge in [0.25, 0.3) is 15.9 Å². The van der Waals surface area contributed by atoms with Gasteiger partial charge in [0.05, 0.1) is 10.5 Å². The van der Waals surface area contributed by atoms with Crippen LogP contribution in [0.3, 0.4) is 0 Å². The second kappa shape index (κ2) is 9.75. The van der Waals surface area contributed by atoms with Gasteiger partial charge in [-0.15, -0.1) is 11.3 Å². The van der Waals surface area contributed by atoms with Crippen molar-refractivity contribution in [3.05, 3.63) is 105 Å². The zero-order valence-corrected chi connectivity index (χ0v) is 22.2. The van der Waals surface area contributed by atoms with Crippen molar-refractivity contribution in [2.45, 2.75) is 17.7 Å². The highest BCUT2D eigenvalue weighted by molar-refractivity contribution is 7.92. The maximum Gasteiger partial charge on any atom is 0.273 e. The van der Waals surface area contributed by atoms with E-state index in [2.05, 4.69) is 41.1 Å². The number of rotatable bonds is 6. The summed E-state index contributed by atoms with van der Waals surface area (Å²) in [5, 5.41) is 3.55. The van der Waals surface area contributed by atoms with E-state index in [9.17, 15) is 13.2 Å². The molecule has 0 unspecified atom stereocenters. The van der Waals surface area contributed by atoms with Gasteiger partial charge < -0.3 is 4.57 Å². The molecule has 9 heteroatoms. The minimum absolute atomic E-state index is 0.124. The number of sulfonamides is 1. The third kappa shape index (κ3) is 4.92. The fourth-order valence-electron chi connectivity index (χ4n) is 4.20. The van der Waals surface area contributed by atoms with Gasteiger partial charge in [-0.25, -0.2) is 13.1 Å². The van der Waals surface area contributed by atoms with Crippen molar-refractivity contribution in [2.24, 2.45) is 0 Å². The molecule has 3 aromatic carbocycles. The second-order valence-electron chi connectivity index (χ2n) is 8.36. The van der Waals surface area contributed by atoms with Gasteiger partial charge in [0.15, 0.2) is 0 Å². The molecule has 0 radical (unpaired) electrons. The molecule has 0 spiro atoms. The Morgan fingerprint density at radius 1 is 1.03 bits per heavy atom. The zero-order chi connectivity index (χ0) is 25.4. The number of fused-ring (bicyclic) bond motifs is 2. The number of hydrogen-bond donors (Lipinski definition) is 1. The summed E-state index contributed by atoms with van der Waals surface area (Å²) < 4.78 is 29.2. The Kier molecular flexibility index (Phi) is 6.66. The molecule has 5 nitrogen and oxygen atoms in total. The van der Waals surface area contributed by atoms with E-state index in [0.717, 1.165) is 38.9 Å². The molecule has 0 aliphatic heterocycles. The van der Waals surface area contributed by atoms with Gasteiger partial charge in [-0.1, -0.05) is 77.8 Å². The molecule has 0 atom stereocenters. The predicted molar refractivity (Wildman–Crippen MR) is 148 cm³/mol. The molecule has 5 rings (SSSR count). The van der Waals surface area contributed by atoms with Gasteiger partial charge in [-0.05, 0) is 52.6 Å². The van der Waals surface area contributed by atoms with Crippen LogP contribution in [0.25, 0.3) is 27.8 Å². The van der Waals surface area contributed by atoms with Crippen molar-refractivity contribution in [3.63, 3.8) is 0 Å². The number of carbonyl (C=O) groups is 1. The van der Waals surface area contributed by atoms with Crippen LogP contribution in [-0.2, 0) is 21.4 Å². The molecule has 1 amide bonds. The number of benzene rings is 3. The summed E-state index contributed by atoms with van der Waals surface area (Å²) in [4.78, 5) is 12.5. The Balaban J connectivity index is 1.43. The van der Waals surface area contributed by atoms with Crippen LogP contribution in [0.4, 0.5) is 0 Å². The number of aryl methyl sites for hydroxylation is 1. The molecule has 0 fully saturated rings. The van der Waals surface area contributed by atoms with Gasteiger partial charge in [-0.2, -0.15) is 0 Å². The average molecular weight is 556 g/mol. The third-order valence-corrected chi connectivity index (χ3v) is 9.52. The summed E-state index contributed by atoms with van der Waals surface area (Å²) in [5.41, 5.74) is 4.03. The lowest BCUT2D eigenvalue weighted by Gasteiger charge is -2.09. The fraction of sp³-hybridized carbons (Fsp3) is 0.0741. The SMILES string of the molecule is Cc1cn(Cc2ccc3ccccc3c2)c2c(/C=C/C(=O)NS(=O)(=O)c3cc(Cl)c(Cl)s3)cccc12. The Labute approximate surface area is 222 Å². The number of hydrogen-bond acceptors (Lipinski definition) is 4. The monoisotopic (exact) mass is 554 g/mol. The first-order chi connectivity index (χ1) is 17.2. The normalized spacial score (nSPS) is 12.1. The number of halogens is 2. The minimum Gasteiger partial charge on any atom is -0.342 e. The van der Waals surface area contributed by atoms with Crippen molar-refractivity contribution < 1.29 is 13.2 Å². The molecule has 182 valence electrons. The van der Waals surface area contributed by atoms with Crippen molar-refractivity contribution in [3.8, 4) is 0 Å². The molecule has 0 bridgehead atoms. The highest BCUT2D eigenvalue weighted by Gasteiger charge is 2.21. The van der Waals surface area contributed by atoms with E-state index in [-0.39, 0.29) is 13.6 Å². The van der Waals surface area contributed by atoms with Crippen molar-refractivity contribution in [1.82, 2.24) is 9.29 Å². The van der Waals surface area contributed by atoms with Crippen LogP contribution in [-0.4, -0.2) is 18.9 Å². The lowest BCUT2D eigenvalue weighted by molar-refractivity contribution is -0.114. The zero-order valence-electron chi connectivity index (χ0n) is 19.0. The van der Waals surface area contributed by atoms with E-state index in [1.165, 1.54) is 22.9 Å². The van der Waals surface area contributed by atoms with Crippen LogP contribution in [0.5, 0.6) is 0 Å². The van der Waals surface area contributed by atoms with Gasteiger partial charge in [0, 0.05) is 24.2 Å². The predicted octanol–water partition coefficient (Wildman–Crippen LogP) is 7.04. The first kappa shape index (κ1) is 24.6. The summed E-state index contributed by atoms with van der Waals surface area (Å²) in [6.07, 6.45) is 4.93. The van der Waals surface area contributed by atoms with Gasteiger partial charge in [-0.3, -0.25) is 4.79 Å². The second-order valence-corrected chi connectivity index (χ2v) is 12.3. The average Bonchev–Trinajstić information content (AvgIpc) is 3.36. The van der Waals surface area contributed by atoms with Crippen LogP contribution >= 0.6 is 34.5 Å². The maximum absolute atomic E-state index is 12.5. The molecule has 0 aliphatic carbocycles. The number of amides is 1.